The molecule has 2 unspecified atom stereocenters. The fourth-order valence-electron chi connectivity index (χ4n) is 4.77. The van der Waals surface area contributed by atoms with E-state index in [-0.39, 0.29) is 35.9 Å². The number of piperidine rings is 1. The molecule has 216 valence electrons. The summed E-state index contributed by atoms with van der Waals surface area (Å²) >= 11 is 0. The number of rotatable bonds is 7. The van der Waals surface area contributed by atoms with Gasteiger partial charge >= 0.3 is 18.0 Å². The summed E-state index contributed by atoms with van der Waals surface area (Å²) in [5.41, 5.74) is 7.83. The van der Waals surface area contributed by atoms with Crippen LogP contribution in [0, 0.1) is 17.2 Å². The predicted molar refractivity (Wildman–Crippen MR) is 144 cm³/mol. The molecule has 13 heteroatoms. The zero-order valence-corrected chi connectivity index (χ0v) is 22.5. The van der Waals surface area contributed by atoms with Gasteiger partial charge in [0.15, 0.2) is 11.6 Å². The summed E-state index contributed by atoms with van der Waals surface area (Å²) in [4.78, 5) is 44.4. The number of anilines is 1. The normalized spacial score (nSPS) is 23.0. The number of urea groups is 1. The molecule has 2 aliphatic rings. The van der Waals surface area contributed by atoms with E-state index in [0.717, 1.165) is 44.9 Å². The topological polar surface area (TPSA) is 194 Å². The zero-order chi connectivity index (χ0) is 29.5. The van der Waals surface area contributed by atoms with Crippen molar-refractivity contribution in [2.45, 2.75) is 38.0 Å². The molecule has 1 aromatic heterocycles. The number of ether oxygens (including phenoxy) is 1. The summed E-state index contributed by atoms with van der Waals surface area (Å²) in [6.07, 6.45) is 6.28. The largest absolute Gasteiger partial charge is 0.481 e. The number of benzene rings is 1. The fourth-order valence-corrected chi connectivity index (χ4v) is 4.77. The molecule has 2 heterocycles. The molecule has 7 N–H and O–H groups in total. The third-order valence-electron chi connectivity index (χ3n) is 7.22. The molecular weight excluding hydrogens is 523 g/mol. The third-order valence-corrected chi connectivity index (χ3v) is 7.22. The summed E-state index contributed by atoms with van der Waals surface area (Å²) in [7, 11) is 2.12. The van der Waals surface area contributed by atoms with Crippen molar-refractivity contribution in [3.05, 3.63) is 54.3 Å². The lowest BCUT2D eigenvalue weighted by atomic mass is 9.64. The van der Waals surface area contributed by atoms with Gasteiger partial charge in [-0.3, -0.25) is 9.59 Å². The molecule has 0 radical (unpaired) electrons. The molecule has 2 atom stereocenters. The number of carboxylic acid groups (broad SMARTS) is 2. The summed E-state index contributed by atoms with van der Waals surface area (Å²) in [6, 6.07) is 4.73. The van der Waals surface area contributed by atoms with Crippen LogP contribution in [0.1, 0.15) is 38.3 Å². The Bertz CT molecular complexity index is 1270. The molecule has 40 heavy (non-hydrogen) atoms. The van der Waals surface area contributed by atoms with E-state index in [4.69, 9.17) is 16.2 Å². The van der Waals surface area contributed by atoms with Crippen LogP contribution in [0.25, 0.3) is 0 Å². The van der Waals surface area contributed by atoms with E-state index in [1.807, 2.05) is 0 Å². The van der Waals surface area contributed by atoms with Gasteiger partial charge in [-0.15, -0.1) is 0 Å². The molecule has 1 fully saturated rings. The van der Waals surface area contributed by atoms with Crippen LogP contribution in [-0.2, 0) is 15.0 Å². The van der Waals surface area contributed by atoms with Gasteiger partial charge in [-0.2, -0.15) is 0 Å². The lowest BCUT2D eigenvalue weighted by molar-refractivity contribution is -0.151. The predicted octanol–water partition coefficient (Wildman–Crippen LogP) is 2.75. The Morgan fingerprint density at radius 2 is 1.88 bits per heavy atom. The quantitative estimate of drug-likeness (QED) is 0.249. The van der Waals surface area contributed by atoms with Crippen LogP contribution < -0.4 is 21.5 Å². The van der Waals surface area contributed by atoms with Crippen LogP contribution in [0.5, 0.6) is 11.6 Å². The minimum absolute atomic E-state index is 0.0535. The molecule has 2 aromatic rings. The maximum atomic E-state index is 14.0. The highest BCUT2D eigenvalue weighted by atomic mass is 19.1. The Morgan fingerprint density at radius 1 is 1.18 bits per heavy atom. The number of nitrogen functional groups attached to an aromatic ring is 1. The second-order valence-corrected chi connectivity index (χ2v) is 10.4. The number of likely N-dealkylation sites (tertiary alicyclic amines) is 1. The number of hydrogen-bond acceptors (Lipinski definition) is 8. The van der Waals surface area contributed by atoms with Crippen LogP contribution in [0.15, 0.2) is 42.7 Å². The molecular formula is C27H35FN6O6. The van der Waals surface area contributed by atoms with E-state index in [2.05, 4.69) is 27.2 Å². The number of carbonyl (C=O) groups is 3. The maximum Gasteiger partial charge on any atom is 0.316 e. The van der Waals surface area contributed by atoms with Gasteiger partial charge in [-0.25, -0.2) is 19.2 Å². The molecule has 1 aromatic carbocycles. The van der Waals surface area contributed by atoms with E-state index >= 15 is 0 Å². The van der Waals surface area contributed by atoms with Crippen LogP contribution >= 0.6 is 0 Å². The lowest BCUT2D eigenvalue weighted by Crippen LogP contribution is -2.45. The van der Waals surface area contributed by atoms with Gasteiger partial charge in [0.1, 0.15) is 11.7 Å². The number of hydrogen-bond donors (Lipinski definition) is 5. The van der Waals surface area contributed by atoms with E-state index in [1.54, 1.807) is 0 Å². The molecule has 1 saturated heterocycles. The highest BCUT2D eigenvalue weighted by molar-refractivity contribution is 5.85. The summed E-state index contributed by atoms with van der Waals surface area (Å²) in [6.45, 7) is 4.45. The highest BCUT2D eigenvalue weighted by Gasteiger charge is 2.51. The number of primary amides is 1. The van der Waals surface area contributed by atoms with Gasteiger partial charge in [0, 0.05) is 24.4 Å². The molecule has 0 saturated carbocycles. The minimum Gasteiger partial charge on any atom is -0.481 e. The number of carbonyl (C=O) groups excluding carboxylic acids is 1. The van der Waals surface area contributed by atoms with Crippen molar-refractivity contribution >= 4 is 23.7 Å². The molecule has 12 nitrogen and oxygen atoms in total. The Morgan fingerprint density at radius 3 is 2.48 bits per heavy atom. The van der Waals surface area contributed by atoms with Gasteiger partial charge in [-0.05, 0) is 70.8 Å². The van der Waals surface area contributed by atoms with Crippen LogP contribution in [0.2, 0.25) is 0 Å². The monoisotopic (exact) mass is 558 g/mol. The summed E-state index contributed by atoms with van der Waals surface area (Å²) in [5, 5.41) is 22.1. The number of nitrogens with one attached hydrogen (secondary N) is 1. The number of aromatic nitrogens is 2. The average Bonchev–Trinajstić information content (AvgIpc) is 2.90. The number of aliphatic carboxylic acids is 2. The van der Waals surface area contributed by atoms with Crippen LogP contribution in [0.4, 0.5) is 14.9 Å². The van der Waals surface area contributed by atoms with E-state index in [9.17, 15) is 29.0 Å². The molecule has 1 aliphatic heterocycles. The molecule has 4 rings (SSSR count). The Hall–Kier alpha value is -4.26. The second kappa shape index (κ2) is 12.7. The standard InChI is InChI=1S/C19H18FN3O5.C8H17N3O/c1-18(16(24)25)5-2-6-19(9-18,17(26)27)14-8-15(23-10-22-14)28-13-4-3-11(21)7-12(13)20;1-11-4-2-7(3-5-11)6-10-8(9)12/h2-5,7-8,10H,6,9,21H2,1H3,(H,24,25)(H,26,27);7H,2-6H2,1H3,(H3,9,10,12). The van der Waals surface area contributed by atoms with Crippen LogP contribution in [0.3, 0.4) is 0 Å². The van der Waals surface area contributed by atoms with Crippen molar-refractivity contribution in [2.24, 2.45) is 17.1 Å². The molecule has 0 spiro atoms. The first-order valence-electron chi connectivity index (χ1n) is 12.8. The Balaban J connectivity index is 0.000000307. The second-order valence-electron chi connectivity index (χ2n) is 10.4. The highest BCUT2D eigenvalue weighted by Crippen LogP contribution is 2.45. The first-order chi connectivity index (χ1) is 18.8. The van der Waals surface area contributed by atoms with Gasteiger partial charge in [0.2, 0.25) is 5.88 Å². The summed E-state index contributed by atoms with van der Waals surface area (Å²) < 4.78 is 19.4. The van der Waals surface area contributed by atoms with Gasteiger partial charge in [-0.1, -0.05) is 12.2 Å². The average molecular weight is 559 g/mol. The smallest absolute Gasteiger partial charge is 0.316 e. The van der Waals surface area contributed by atoms with Crippen molar-refractivity contribution in [3.8, 4) is 11.6 Å². The number of carboxylic acids is 2. The first-order valence-corrected chi connectivity index (χ1v) is 12.8. The molecule has 0 bridgehead atoms. The minimum atomic E-state index is -1.58. The van der Waals surface area contributed by atoms with Gasteiger partial charge < -0.3 is 36.6 Å². The van der Waals surface area contributed by atoms with E-state index < -0.39 is 34.6 Å². The fraction of sp³-hybridized carbons (Fsp3) is 0.444. The van der Waals surface area contributed by atoms with Gasteiger partial charge in [0.05, 0.1) is 11.1 Å². The van der Waals surface area contributed by atoms with Crippen molar-refractivity contribution < 1.29 is 33.7 Å². The number of nitrogens with two attached hydrogens (primary N) is 2. The van der Waals surface area contributed by atoms with Crippen molar-refractivity contribution in [3.63, 3.8) is 0 Å². The number of allylic oxidation sites excluding steroid dienone is 1. The first kappa shape index (κ1) is 30.3. The number of amides is 2. The van der Waals surface area contributed by atoms with Crippen molar-refractivity contribution in [1.82, 2.24) is 20.2 Å². The van der Waals surface area contributed by atoms with E-state index in [0.29, 0.717) is 5.92 Å². The SMILES string of the molecule is CC1(C(=O)O)C=CCC(C(=O)O)(c2cc(Oc3ccc(N)cc3F)ncn2)C1.CN1CCC(CNC(N)=O)CC1. The van der Waals surface area contributed by atoms with E-state index in [1.165, 1.54) is 37.3 Å². The Kier molecular flexibility index (Phi) is 9.64. The van der Waals surface area contributed by atoms with Crippen molar-refractivity contribution in [2.75, 3.05) is 32.4 Å². The van der Waals surface area contributed by atoms with Crippen LogP contribution in [-0.4, -0.2) is 69.7 Å². The maximum absolute atomic E-state index is 14.0. The third kappa shape index (κ3) is 7.44. The molecule has 2 amide bonds. The Labute approximate surface area is 231 Å². The number of nitrogens with zero attached hydrogens (tertiary/aromatic N) is 3. The number of halogens is 1. The molecule has 1 aliphatic carbocycles. The lowest BCUT2D eigenvalue weighted by Gasteiger charge is -2.37. The zero-order valence-electron chi connectivity index (χ0n) is 22.5. The van der Waals surface area contributed by atoms with Gasteiger partial charge in [0.25, 0.3) is 0 Å². The summed E-state index contributed by atoms with van der Waals surface area (Å²) in [5.74, 6) is -2.64. The van der Waals surface area contributed by atoms with Crippen molar-refractivity contribution in [1.29, 1.82) is 0 Å².